The lowest BCUT2D eigenvalue weighted by atomic mass is 10.3. The Bertz CT molecular complexity index is 1070. The van der Waals surface area contributed by atoms with Gasteiger partial charge in [0, 0.05) is 29.4 Å². The fraction of sp³-hybridized carbons (Fsp3) is 0. The summed E-state index contributed by atoms with van der Waals surface area (Å²) < 4.78 is 5.67. The smallest absolute Gasteiger partial charge is 0.326 e. The van der Waals surface area contributed by atoms with Crippen LogP contribution in [-0.2, 0) is 0 Å². The second-order valence-electron chi connectivity index (χ2n) is 5.63. The van der Waals surface area contributed by atoms with Gasteiger partial charge >= 0.3 is 6.03 Å². The van der Waals surface area contributed by atoms with E-state index in [4.69, 9.17) is 4.74 Å². The summed E-state index contributed by atoms with van der Waals surface area (Å²) in [7, 11) is 0. The zero-order chi connectivity index (χ0) is 19.2. The Hall–Kier alpha value is -3.78. The number of nitrogens with one attached hydrogen (secondary N) is 2. The standard InChI is InChI=1S/C20H15N5O2S/c26-20(25-17-13-28-19(23-17)14-6-5-11-21-12-14)24-16-9-4-10-18(22-16)27-15-7-2-1-3-8-15/h1-13H,(H2,22,24,25,26). The lowest BCUT2D eigenvalue weighted by Crippen LogP contribution is -2.20. The second-order valence-corrected chi connectivity index (χ2v) is 6.49. The average Bonchev–Trinajstić information content (AvgIpc) is 3.18. The quantitative estimate of drug-likeness (QED) is 0.499. The van der Waals surface area contributed by atoms with Crippen molar-refractivity contribution in [2.45, 2.75) is 0 Å². The molecule has 0 atom stereocenters. The lowest BCUT2D eigenvalue weighted by Gasteiger charge is -2.08. The molecule has 0 spiro atoms. The van der Waals surface area contributed by atoms with Crippen LogP contribution in [0.1, 0.15) is 0 Å². The van der Waals surface area contributed by atoms with Gasteiger partial charge in [0.2, 0.25) is 5.88 Å². The van der Waals surface area contributed by atoms with Gasteiger partial charge in [-0.2, -0.15) is 4.98 Å². The Labute approximate surface area is 165 Å². The number of hydrogen-bond acceptors (Lipinski definition) is 6. The molecule has 0 saturated carbocycles. The molecule has 0 fully saturated rings. The summed E-state index contributed by atoms with van der Waals surface area (Å²) in [6.07, 6.45) is 3.43. The molecule has 2 N–H and O–H groups in total. The molecular formula is C20H15N5O2S. The summed E-state index contributed by atoms with van der Waals surface area (Å²) in [5.74, 6) is 1.88. The summed E-state index contributed by atoms with van der Waals surface area (Å²) in [4.78, 5) is 25.0. The van der Waals surface area contributed by atoms with Crippen LogP contribution in [0.25, 0.3) is 10.6 Å². The van der Waals surface area contributed by atoms with Gasteiger partial charge < -0.3 is 4.74 Å². The molecule has 0 radical (unpaired) electrons. The van der Waals surface area contributed by atoms with E-state index in [0.29, 0.717) is 23.3 Å². The first-order valence-corrected chi connectivity index (χ1v) is 9.28. The molecule has 0 aliphatic rings. The predicted molar refractivity (Wildman–Crippen MR) is 109 cm³/mol. The number of para-hydroxylation sites is 1. The van der Waals surface area contributed by atoms with Gasteiger partial charge in [-0.25, -0.2) is 9.78 Å². The maximum absolute atomic E-state index is 12.2. The number of amides is 2. The average molecular weight is 389 g/mol. The number of pyridine rings is 2. The van der Waals surface area contributed by atoms with Crippen molar-refractivity contribution >= 4 is 29.0 Å². The number of rotatable bonds is 5. The third-order valence-corrected chi connectivity index (χ3v) is 4.48. The van der Waals surface area contributed by atoms with E-state index in [1.165, 1.54) is 11.3 Å². The van der Waals surface area contributed by atoms with Crippen LogP contribution in [0.5, 0.6) is 11.6 Å². The summed E-state index contributed by atoms with van der Waals surface area (Å²) in [5, 5.41) is 7.92. The number of urea groups is 1. The molecule has 4 rings (SSSR count). The Morgan fingerprint density at radius 1 is 0.893 bits per heavy atom. The van der Waals surface area contributed by atoms with Gasteiger partial charge in [0.15, 0.2) is 0 Å². The van der Waals surface area contributed by atoms with Gasteiger partial charge in [-0.1, -0.05) is 24.3 Å². The molecule has 138 valence electrons. The number of benzene rings is 1. The van der Waals surface area contributed by atoms with Gasteiger partial charge in [-0.3, -0.25) is 15.6 Å². The van der Waals surface area contributed by atoms with E-state index >= 15 is 0 Å². The van der Waals surface area contributed by atoms with Crippen LogP contribution in [-0.4, -0.2) is 21.0 Å². The molecule has 0 aliphatic carbocycles. The number of aromatic nitrogens is 3. The van der Waals surface area contributed by atoms with Crippen molar-refractivity contribution in [1.29, 1.82) is 0 Å². The van der Waals surface area contributed by atoms with E-state index in [9.17, 15) is 4.79 Å². The number of carbonyl (C=O) groups is 1. The summed E-state index contributed by atoms with van der Waals surface area (Å²) in [6, 6.07) is 17.8. The fourth-order valence-corrected chi connectivity index (χ4v) is 3.11. The van der Waals surface area contributed by atoms with Crippen molar-refractivity contribution in [2.24, 2.45) is 0 Å². The molecule has 4 aromatic rings. The van der Waals surface area contributed by atoms with Crippen LogP contribution in [0.3, 0.4) is 0 Å². The van der Waals surface area contributed by atoms with Crippen LogP contribution in [0.2, 0.25) is 0 Å². The molecule has 8 heteroatoms. The van der Waals surface area contributed by atoms with E-state index in [0.717, 1.165) is 10.6 Å². The topological polar surface area (TPSA) is 89.0 Å². The molecule has 0 bridgehead atoms. The number of ether oxygens (including phenoxy) is 1. The second kappa shape index (κ2) is 8.28. The third-order valence-electron chi connectivity index (χ3n) is 3.59. The number of carbonyl (C=O) groups excluding carboxylic acids is 1. The number of thiazole rings is 1. The van der Waals surface area contributed by atoms with E-state index in [-0.39, 0.29) is 0 Å². The zero-order valence-electron chi connectivity index (χ0n) is 14.6. The maximum atomic E-state index is 12.2. The molecule has 3 aromatic heterocycles. The minimum atomic E-state index is -0.438. The zero-order valence-corrected chi connectivity index (χ0v) is 15.4. The highest BCUT2D eigenvalue weighted by Gasteiger charge is 2.09. The van der Waals surface area contributed by atoms with Crippen LogP contribution in [0.4, 0.5) is 16.4 Å². The summed E-state index contributed by atoms with van der Waals surface area (Å²) >= 11 is 1.43. The summed E-state index contributed by atoms with van der Waals surface area (Å²) in [6.45, 7) is 0. The van der Waals surface area contributed by atoms with E-state index in [1.807, 2.05) is 42.5 Å². The highest BCUT2D eigenvalue weighted by molar-refractivity contribution is 7.13. The minimum Gasteiger partial charge on any atom is -0.439 e. The molecule has 0 unspecified atom stereocenters. The monoisotopic (exact) mass is 389 g/mol. The highest BCUT2D eigenvalue weighted by atomic mass is 32.1. The van der Waals surface area contributed by atoms with Crippen molar-refractivity contribution in [3.63, 3.8) is 0 Å². The van der Waals surface area contributed by atoms with Crippen molar-refractivity contribution < 1.29 is 9.53 Å². The first-order valence-electron chi connectivity index (χ1n) is 8.40. The van der Waals surface area contributed by atoms with Crippen LogP contribution < -0.4 is 15.4 Å². The van der Waals surface area contributed by atoms with Crippen molar-refractivity contribution in [3.8, 4) is 22.2 Å². The first-order chi connectivity index (χ1) is 13.8. The highest BCUT2D eigenvalue weighted by Crippen LogP contribution is 2.25. The van der Waals surface area contributed by atoms with E-state index in [2.05, 4.69) is 25.6 Å². The molecule has 28 heavy (non-hydrogen) atoms. The van der Waals surface area contributed by atoms with Gasteiger partial charge in [0.05, 0.1) is 0 Å². The van der Waals surface area contributed by atoms with Crippen LogP contribution in [0, 0.1) is 0 Å². The first kappa shape index (κ1) is 17.6. The van der Waals surface area contributed by atoms with E-state index in [1.54, 1.807) is 36.0 Å². The summed E-state index contributed by atoms with van der Waals surface area (Å²) in [5.41, 5.74) is 0.897. The number of anilines is 2. The van der Waals surface area contributed by atoms with Gasteiger partial charge in [-0.15, -0.1) is 11.3 Å². The predicted octanol–water partition coefficient (Wildman–Crippen LogP) is 5.04. The minimum absolute atomic E-state index is 0.369. The lowest BCUT2D eigenvalue weighted by molar-refractivity contribution is 0.262. The number of hydrogen-bond donors (Lipinski definition) is 2. The Morgan fingerprint density at radius 2 is 1.75 bits per heavy atom. The molecular weight excluding hydrogens is 374 g/mol. The Kier molecular flexibility index (Phi) is 5.21. The molecule has 7 nitrogen and oxygen atoms in total. The number of nitrogens with zero attached hydrogens (tertiary/aromatic N) is 3. The van der Waals surface area contributed by atoms with Gasteiger partial charge in [-0.05, 0) is 30.3 Å². The van der Waals surface area contributed by atoms with Crippen molar-refractivity contribution in [1.82, 2.24) is 15.0 Å². The van der Waals surface area contributed by atoms with Crippen LogP contribution >= 0.6 is 11.3 Å². The van der Waals surface area contributed by atoms with Crippen molar-refractivity contribution in [2.75, 3.05) is 10.6 Å². The normalized spacial score (nSPS) is 10.3. The van der Waals surface area contributed by atoms with Gasteiger partial charge in [0.1, 0.15) is 22.4 Å². The Balaban J connectivity index is 1.39. The molecule has 0 saturated heterocycles. The van der Waals surface area contributed by atoms with Gasteiger partial charge in [0.25, 0.3) is 0 Å². The van der Waals surface area contributed by atoms with Crippen molar-refractivity contribution in [3.05, 3.63) is 78.4 Å². The molecule has 1 aromatic carbocycles. The molecule has 3 heterocycles. The SMILES string of the molecule is O=C(Nc1cccc(Oc2ccccc2)n1)Nc1csc(-c2cccnc2)n1. The molecule has 2 amide bonds. The fourth-order valence-electron chi connectivity index (χ4n) is 2.37. The largest absolute Gasteiger partial charge is 0.439 e. The Morgan fingerprint density at radius 3 is 2.57 bits per heavy atom. The maximum Gasteiger partial charge on any atom is 0.326 e. The van der Waals surface area contributed by atoms with Crippen LogP contribution in [0.15, 0.2) is 78.4 Å². The van der Waals surface area contributed by atoms with E-state index < -0.39 is 6.03 Å². The molecule has 0 aliphatic heterocycles. The third kappa shape index (κ3) is 4.49.